The predicted octanol–water partition coefficient (Wildman–Crippen LogP) is 2.72. The van der Waals surface area contributed by atoms with Crippen molar-refractivity contribution in [2.24, 2.45) is 0 Å². The Morgan fingerprint density at radius 1 is 1.19 bits per heavy atom. The van der Waals surface area contributed by atoms with E-state index in [0.717, 1.165) is 24.8 Å². The Kier molecular flexibility index (Phi) is 3.62. The van der Waals surface area contributed by atoms with Gasteiger partial charge in [-0.1, -0.05) is 6.07 Å². The summed E-state index contributed by atoms with van der Waals surface area (Å²) in [5, 5.41) is 0. The van der Waals surface area contributed by atoms with Crippen LogP contribution >= 0.6 is 15.9 Å². The molecule has 1 heterocycles. The second-order valence-corrected chi connectivity index (χ2v) is 7.53. The van der Waals surface area contributed by atoms with Crippen LogP contribution in [0.15, 0.2) is 39.8 Å². The van der Waals surface area contributed by atoms with E-state index < -0.39 is 10.0 Å². The number of nitrogen functional groups attached to an aromatic ring is 1. The first-order valence-corrected chi connectivity index (χ1v) is 8.79. The summed E-state index contributed by atoms with van der Waals surface area (Å²) in [4.78, 5) is 4.26. The number of halogens is 1. The lowest BCUT2D eigenvalue weighted by Crippen LogP contribution is -2.14. The summed E-state index contributed by atoms with van der Waals surface area (Å²) in [6.45, 7) is 0. The minimum absolute atomic E-state index is 0.227. The Hall–Kier alpha value is -1.60. The van der Waals surface area contributed by atoms with Crippen molar-refractivity contribution in [2.75, 3.05) is 10.5 Å². The predicted molar refractivity (Wildman–Crippen MR) is 85.6 cm³/mol. The number of hydrogen-bond acceptors (Lipinski definition) is 4. The summed E-state index contributed by atoms with van der Waals surface area (Å²) in [6, 6.07) is 6.88. The molecule has 0 unspecified atom stereocenters. The van der Waals surface area contributed by atoms with Crippen molar-refractivity contribution in [2.45, 2.75) is 24.2 Å². The minimum Gasteiger partial charge on any atom is -0.397 e. The van der Waals surface area contributed by atoms with Crippen LogP contribution in [0.5, 0.6) is 0 Å². The third-order valence-electron chi connectivity index (χ3n) is 3.47. The van der Waals surface area contributed by atoms with Crippen molar-refractivity contribution in [1.29, 1.82) is 0 Å². The van der Waals surface area contributed by atoms with E-state index in [0.29, 0.717) is 10.2 Å². The van der Waals surface area contributed by atoms with Gasteiger partial charge in [0.25, 0.3) is 10.0 Å². The minimum atomic E-state index is -3.65. The van der Waals surface area contributed by atoms with Gasteiger partial charge in [0.05, 0.1) is 21.3 Å². The maximum Gasteiger partial charge on any atom is 0.263 e. The molecule has 0 aliphatic heterocycles. The van der Waals surface area contributed by atoms with Crippen molar-refractivity contribution in [3.63, 3.8) is 0 Å². The molecule has 3 N–H and O–H groups in total. The van der Waals surface area contributed by atoms with Crippen molar-refractivity contribution >= 4 is 37.5 Å². The molecule has 21 heavy (non-hydrogen) atoms. The number of nitrogens with one attached hydrogen (secondary N) is 1. The molecule has 0 atom stereocenters. The Labute approximate surface area is 131 Å². The van der Waals surface area contributed by atoms with E-state index in [9.17, 15) is 8.42 Å². The van der Waals surface area contributed by atoms with Crippen LogP contribution in [0, 0.1) is 0 Å². The summed E-state index contributed by atoms with van der Waals surface area (Å²) < 4.78 is 27.9. The number of benzene rings is 1. The standard InChI is InChI=1S/C14H14BrN3O2S/c15-13-7-11(16)8-17-14(13)18-21(19,20)12-5-4-9-2-1-3-10(9)6-12/h4-8H,1-3,16H2,(H,17,18). The summed E-state index contributed by atoms with van der Waals surface area (Å²) in [5.41, 5.74) is 8.40. The van der Waals surface area contributed by atoms with Crippen LogP contribution in [0.25, 0.3) is 0 Å². The third-order valence-corrected chi connectivity index (χ3v) is 5.41. The quantitative estimate of drug-likeness (QED) is 0.873. The van der Waals surface area contributed by atoms with Crippen molar-refractivity contribution in [1.82, 2.24) is 4.98 Å². The van der Waals surface area contributed by atoms with Gasteiger partial charge in [-0.3, -0.25) is 4.72 Å². The van der Waals surface area contributed by atoms with Gasteiger partial charge >= 0.3 is 0 Å². The molecule has 0 radical (unpaired) electrons. The fraction of sp³-hybridized carbons (Fsp3) is 0.214. The first-order valence-electron chi connectivity index (χ1n) is 6.51. The topological polar surface area (TPSA) is 85.1 Å². The maximum atomic E-state index is 12.4. The average molecular weight is 368 g/mol. The van der Waals surface area contributed by atoms with Crippen molar-refractivity contribution < 1.29 is 8.42 Å². The summed E-state index contributed by atoms with van der Waals surface area (Å²) in [5.74, 6) is 0.227. The first kappa shape index (κ1) is 14.3. The van der Waals surface area contributed by atoms with Crippen molar-refractivity contribution in [3.8, 4) is 0 Å². The highest BCUT2D eigenvalue weighted by Gasteiger charge is 2.19. The third kappa shape index (κ3) is 2.89. The molecule has 1 aliphatic carbocycles. The van der Waals surface area contributed by atoms with Crippen LogP contribution in [-0.4, -0.2) is 13.4 Å². The van der Waals surface area contributed by atoms with Gasteiger partial charge in [-0.05, 0) is 64.5 Å². The van der Waals surface area contributed by atoms with Gasteiger partial charge in [-0.15, -0.1) is 0 Å². The molecule has 1 aromatic heterocycles. The Morgan fingerprint density at radius 3 is 2.71 bits per heavy atom. The lowest BCUT2D eigenvalue weighted by atomic mass is 10.1. The number of hydrogen-bond donors (Lipinski definition) is 2. The molecule has 1 aliphatic rings. The number of sulfonamides is 1. The van der Waals surface area contributed by atoms with Crippen LogP contribution < -0.4 is 10.5 Å². The number of aromatic nitrogens is 1. The summed E-state index contributed by atoms with van der Waals surface area (Å²) in [6.07, 6.45) is 4.44. The largest absolute Gasteiger partial charge is 0.397 e. The number of rotatable bonds is 3. The molecule has 0 bridgehead atoms. The molecule has 0 fully saturated rings. The molecule has 5 nitrogen and oxygen atoms in total. The van der Waals surface area contributed by atoms with Crippen LogP contribution in [0.1, 0.15) is 17.5 Å². The second kappa shape index (κ2) is 5.31. The number of nitrogens with two attached hydrogens (primary N) is 1. The lowest BCUT2D eigenvalue weighted by molar-refractivity contribution is 0.601. The molecule has 3 rings (SSSR count). The molecule has 1 aromatic carbocycles. The molecule has 0 spiro atoms. The highest BCUT2D eigenvalue weighted by Crippen LogP contribution is 2.27. The molecule has 110 valence electrons. The van der Waals surface area contributed by atoms with E-state index in [-0.39, 0.29) is 10.7 Å². The fourth-order valence-corrected chi connectivity index (χ4v) is 4.11. The zero-order valence-corrected chi connectivity index (χ0v) is 13.5. The molecule has 0 saturated heterocycles. The van der Waals surface area contributed by atoms with Crippen LogP contribution in [-0.2, 0) is 22.9 Å². The summed E-state index contributed by atoms with van der Waals surface area (Å²) in [7, 11) is -3.65. The van der Waals surface area contributed by atoms with Gasteiger partial charge in [0.2, 0.25) is 0 Å². The normalized spacial score (nSPS) is 14.0. The average Bonchev–Trinajstić information content (AvgIpc) is 2.89. The second-order valence-electron chi connectivity index (χ2n) is 4.99. The van der Waals surface area contributed by atoms with E-state index in [2.05, 4.69) is 25.6 Å². The van der Waals surface area contributed by atoms with Gasteiger partial charge in [0, 0.05) is 0 Å². The van der Waals surface area contributed by atoms with Gasteiger partial charge in [0.15, 0.2) is 5.82 Å². The molecule has 0 saturated carbocycles. The molecule has 7 heteroatoms. The van der Waals surface area contributed by atoms with Crippen LogP contribution in [0.4, 0.5) is 11.5 Å². The molecule has 2 aromatic rings. The van der Waals surface area contributed by atoms with Gasteiger partial charge in [-0.25, -0.2) is 13.4 Å². The van der Waals surface area contributed by atoms with E-state index in [4.69, 9.17) is 5.73 Å². The van der Waals surface area contributed by atoms with Crippen LogP contribution in [0.3, 0.4) is 0 Å². The number of anilines is 2. The number of nitrogens with zero attached hydrogens (tertiary/aromatic N) is 1. The van der Waals surface area contributed by atoms with Gasteiger partial charge in [0.1, 0.15) is 0 Å². The Balaban J connectivity index is 1.93. The maximum absolute atomic E-state index is 12.4. The summed E-state index contributed by atoms with van der Waals surface area (Å²) >= 11 is 3.25. The molecular formula is C14H14BrN3O2S. The van der Waals surface area contributed by atoms with Gasteiger partial charge < -0.3 is 5.73 Å². The first-order chi connectivity index (χ1) is 9.95. The zero-order chi connectivity index (χ0) is 15.0. The number of aryl methyl sites for hydroxylation is 2. The Bertz CT molecular complexity index is 806. The number of pyridine rings is 1. The number of fused-ring (bicyclic) bond motifs is 1. The van der Waals surface area contributed by atoms with Crippen molar-refractivity contribution in [3.05, 3.63) is 46.1 Å². The van der Waals surface area contributed by atoms with E-state index in [1.807, 2.05) is 6.07 Å². The van der Waals surface area contributed by atoms with Gasteiger partial charge in [-0.2, -0.15) is 0 Å². The molecular weight excluding hydrogens is 354 g/mol. The monoisotopic (exact) mass is 367 g/mol. The lowest BCUT2D eigenvalue weighted by Gasteiger charge is -2.10. The SMILES string of the molecule is Nc1cnc(NS(=O)(=O)c2ccc3c(c2)CCC3)c(Br)c1. The van der Waals surface area contributed by atoms with Crippen LogP contribution in [0.2, 0.25) is 0 Å². The smallest absolute Gasteiger partial charge is 0.263 e. The van der Waals surface area contributed by atoms with E-state index in [1.54, 1.807) is 18.2 Å². The fourth-order valence-electron chi connectivity index (χ4n) is 2.43. The highest BCUT2D eigenvalue weighted by molar-refractivity contribution is 9.10. The van der Waals surface area contributed by atoms with E-state index in [1.165, 1.54) is 11.8 Å². The highest BCUT2D eigenvalue weighted by atomic mass is 79.9. The molecule has 0 amide bonds. The van der Waals surface area contributed by atoms with E-state index >= 15 is 0 Å². The zero-order valence-electron chi connectivity index (χ0n) is 11.1. The Morgan fingerprint density at radius 2 is 1.95 bits per heavy atom.